The summed E-state index contributed by atoms with van der Waals surface area (Å²) in [5, 5.41) is 8.80. The highest BCUT2D eigenvalue weighted by molar-refractivity contribution is 14.1. The zero-order valence-corrected chi connectivity index (χ0v) is 13.3. The zero-order chi connectivity index (χ0) is 14.1. The second-order valence-corrected chi connectivity index (χ2v) is 5.57. The van der Waals surface area contributed by atoms with Gasteiger partial charge in [0.2, 0.25) is 0 Å². The molecule has 4 nitrogen and oxygen atoms in total. The zero-order valence-electron chi connectivity index (χ0n) is 11.1. The number of carboxylic acids is 1. The summed E-state index contributed by atoms with van der Waals surface area (Å²) in [7, 11) is 0. The van der Waals surface area contributed by atoms with Gasteiger partial charge in [-0.3, -0.25) is 9.69 Å². The van der Waals surface area contributed by atoms with Crippen LogP contribution in [0.3, 0.4) is 0 Å². The van der Waals surface area contributed by atoms with Gasteiger partial charge in [0.05, 0.1) is 13.2 Å². The molecule has 0 aliphatic rings. The lowest BCUT2D eigenvalue weighted by Crippen LogP contribution is -2.32. The Bertz CT molecular complexity index is 398. The minimum atomic E-state index is -0.771. The molecule has 0 saturated carbocycles. The molecule has 1 aromatic rings. The van der Waals surface area contributed by atoms with Gasteiger partial charge in [-0.1, -0.05) is 13.0 Å². The Morgan fingerprint density at radius 1 is 1.42 bits per heavy atom. The summed E-state index contributed by atoms with van der Waals surface area (Å²) in [6, 6.07) is 7.90. The van der Waals surface area contributed by atoms with E-state index in [1.807, 2.05) is 29.2 Å². The van der Waals surface area contributed by atoms with Crippen LogP contribution < -0.4 is 4.74 Å². The normalized spacial score (nSPS) is 10.7. The van der Waals surface area contributed by atoms with Gasteiger partial charge < -0.3 is 9.84 Å². The molecule has 0 fully saturated rings. The van der Waals surface area contributed by atoms with Crippen LogP contribution in [0.1, 0.15) is 19.8 Å². The van der Waals surface area contributed by atoms with E-state index in [2.05, 4.69) is 29.5 Å². The van der Waals surface area contributed by atoms with E-state index in [1.54, 1.807) is 0 Å². The number of hydrogen-bond acceptors (Lipinski definition) is 3. The summed E-state index contributed by atoms with van der Waals surface area (Å²) >= 11 is 2.25. The molecule has 0 aromatic heterocycles. The fourth-order valence-corrected chi connectivity index (χ4v) is 2.33. The van der Waals surface area contributed by atoms with Gasteiger partial charge in [-0.05, 0) is 60.2 Å². The Kier molecular flexibility index (Phi) is 7.81. The molecule has 0 unspecified atom stereocenters. The minimum absolute atomic E-state index is 0.108. The first-order chi connectivity index (χ1) is 9.11. The Morgan fingerprint density at radius 3 is 2.84 bits per heavy atom. The predicted molar refractivity (Wildman–Crippen MR) is 83.6 cm³/mol. The van der Waals surface area contributed by atoms with Crippen molar-refractivity contribution in [1.29, 1.82) is 0 Å². The number of nitrogens with zero attached hydrogens (tertiary/aromatic N) is 1. The molecule has 1 aromatic carbocycles. The molecule has 0 atom stereocenters. The highest BCUT2D eigenvalue weighted by Crippen LogP contribution is 2.14. The lowest BCUT2D eigenvalue weighted by atomic mass is 10.3. The van der Waals surface area contributed by atoms with Crippen LogP contribution >= 0.6 is 22.6 Å². The van der Waals surface area contributed by atoms with Crippen molar-refractivity contribution < 1.29 is 14.6 Å². The number of rotatable bonds is 9. The van der Waals surface area contributed by atoms with Crippen molar-refractivity contribution in [2.45, 2.75) is 19.8 Å². The number of carbonyl (C=O) groups is 1. The second-order valence-electron chi connectivity index (χ2n) is 4.33. The molecule has 106 valence electrons. The highest BCUT2D eigenvalue weighted by Gasteiger charge is 2.08. The van der Waals surface area contributed by atoms with E-state index in [0.717, 1.165) is 35.3 Å². The van der Waals surface area contributed by atoms with Crippen molar-refractivity contribution in [3.63, 3.8) is 0 Å². The monoisotopic (exact) mass is 377 g/mol. The summed E-state index contributed by atoms with van der Waals surface area (Å²) in [6.07, 6.45) is 1.80. The summed E-state index contributed by atoms with van der Waals surface area (Å²) in [4.78, 5) is 12.6. The van der Waals surface area contributed by atoms with Gasteiger partial charge in [0.1, 0.15) is 5.75 Å². The third-order valence-electron chi connectivity index (χ3n) is 2.58. The highest BCUT2D eigenvalue weighted by atomic mass is 127. The maximum atomic E-state index is 10.7. The van der Waals surface area contributed by atoms with Gasteiger partial charge >= 0.3 is 5.97 Å². The molecule has 0 bridgehead atoms. The fraction of sp³-hybridized carbons (Fsp3) is 0.500. The lowest BCUT2D eigenvalue weighted by molar-refractivity contribution is -0.138. The molecular formula is C14H20INO3. The van der Waals surface area contributed by atoms with Crippen molar-refractivity contribution in [2.24, 2.45) is 0 Å². The average Bonchev–Trinajstić information content (AvgIpc) is 2.34. The van der Waals surface area contributed by atoms with Crippen LogP contribution in [0.4, 0.5) is 0 Å². The summed E-state index contributed by atoms with van der Waals surface area (Å²) in [5.74, 6) is 0.0964. The Balaban J connectivity index is 2.26. The molecule has 0 aliphatic heterocycles. The number of hydrogen-bond donors (Lipinski definition) is 1. The maximum absolute atomic E-state index is 10.7. The van der Waals surface area contributed by atoms with Crippen LogP contribution in [0.25, 0.3) is 0 Å². The molecular weight excluding hydrogens is 357 g/mol. The van der Waals surface area contributed by atoms with E-state index in [4.69, 9.17) is 9.84 Å². The van der Waals surface area contributed by atoms with E-state index >= 15 is 0 Å². The Labute approximate surface area is 127 Å². The number of halogens is 1. The van der Waals surface area contributed by atoms with Gasteiger partial charge in [-0.2, -0.15) is 0 Å². The fourth-order valence-electron chi connectivity index (χ4n) is 1.81. The van der Waals surface area contributed by atoms with Crippen LogP contribution in [0.2, 0.25) is 0 Å². The van der Waals surface area contributed by atoms with Gasteiger partial charge in [0, 0.05) is 10.1 Å². The van der Waals surface area contributed by atoms with Crippen LogP contribution in [-0.2, 0) is 4.79 Å². The van der Waals surface area contributed by atoms with Gasteiger partial charge in [-0.15, -0.1) is 0 Å². The van der Waals surface area contributed by atoms with E-state index in [0.29, 0.717) is 6.61 Å². The third-order valence-corrected chi connectivity index (χ3v) is 3.25. The number of aliphatic carboxylic acids is 1. The number of benzene rings is 1. The summed E-state index contributed by atoms with van der Waals surface area (Å²) in [6.45, 7) is 4.34. The molecule has 0 spiro atoms. The molecule has 0 radical (unpaired) electrons. The molecule has 1 N–H and O–H groups in total. The predicted octanol–water partition coefficient (Wildman–Crippen LogP) is 2.86. The van der Waals surface area contributed by atoms with E-state index in [-0.39, 0.29) is 6.54 Å². The summed E-state index contributed by atoms with van der Waals surface area (Å²) < 4.78 is 6.79. The van der Waals surface area contributed by atoms with E-state index < -0.39 is 5.97 Å². The molecule has 19 heavy (non-hydrogen) atoms. The topological polar surface area (TPSA) is 49.8 Å². The van der Waals surface area contributed by atoms with Gasteiger partial charge in [-0.25, -0.2) is 0 Å². The van der Waals surface area contributed by atoms with Gasteiger partial charge in [0.15, 0.2) is 0 Å². The smallest absolute Gasteiger partial charge is 0.317 e. The molecule has 1 rings (SSSR count). The van der Waals surface area contributed by atoms with E-state index in [9.17, 15) is 4.79 Å². The van der Waals surface area contributed by atoms with Crippen molar-refractivity contribution in [3.8, 4) is 5.75 Å². The number of ether oxygens (including phenoxy) is 1. The largest absolute Gasteiger partial charge is 0.494 e. The average molecular weight is 377 g/mol. The molecule has 0 saturated heterocycles. The van der Waals surface area contributed by atoms with Crippen LogP contribution in [-0.4, -0.2) is 42.2 Å². The van der Waals surface area contributed by atoms with Crippen molar-refractivity contribution in [2.75, 3.05) is 26.2 Å². The molecule has 0 aliphatic carbocycles. The molecule has 0 amide bonds. The first-order valence-corrected chi connectivity index (χ1v) is 7.52. The second kappa shape index (κ2) is 9.14. The first-order valence-electron chi connectivity index (χ1n) is 6.44. The standard InChI is InChI=1S/C14H20INO3/c1-2-7-16(11-14(17)18)8-4-9-19-13-6-3-5-12(15)10-13/h3,5-6,10H,2,4,7-9,11H2,1H3,(H,17,18). The van der Waals surface area contributed by atoms with Crippen LogP contribution in [0.15, 0.2) is 24.3 Å². The van der Waals surface area contributed by atoms with Crippen molar-refractivity contribution >= 4 is 28.6 Å². The van der Waals surface area contributed by atoms with Crippen molar-refractivity contribution in [1.82, 2.24) is 4.90 Å². The Hall–Kier alpha value is -0.820. The number of carboxylic acid groups (broad SMARTS) is 1. The quantitative estimate of drug-likeness (QED) is 0.531. The minimum Gasteiger partial charge on any atom is -0.494 e. The SMILES string of the molecule is CCCN(CCCOc1cccc(I)c1)CC(=O)O. The molecule has 0 heterocycles. The maximum Gasteiger partial charge on any atom is 0.317 e. The molecule has 5 heteroatoms. The van der Waals surface area contributed by atoms with Crippen LogP contribution in [0.5, 0.6) is 5.75 Å². The summed E-state index contributed by atoms with van der Waals surface area (Å²) in [5.41, 5.74) is 0. The first kappa shape index (κ1) is 16.2. The lowest BCUT2D eigenvalue weighted by Gasteiger charge is -2.19. The van der Waals surface area contributed by atoms with Crippen LogP contribution in [0, 0.1) is 3.57 Å². The third kappa shape index (κ3) is 7.37. The Morgan fingerprint density at radius 2 is 2.21 bits per heavy atom. The van der Waals surface area contributed by atoms with E-state index in [1.165, 1.54) is 0 Å². The van der Waals surface area contributed by atoms with Crippen molar-refractivity contribution in [3.05, 3.63) is 27.8 Å². The van der Waals surface area contributed by atoms with Gasteiger partial charge in [0.25, 0.3) is 0 Å².